The highest BCUT2D eigenvalue weighted by Crippen LogP contribution is 2.37. The number of pyridine rings is 1. The van der Waals surface area contributed by atoms with Gasteiger partial charge in [0.05, 0.1) is 5.75 Å². The third-order valence-electron chi connectivity index (χ3n) is 2.59. The van der Waals surface area contributed by atoms with Crippen molar-refractivity contribution in [2.75, 3.05) is 23.5 Å². The van der Waals surface area contributed by atoms with E-state index >= 15 is 0 Å². The number of carbonyl (C=O) groups is 1. The summed E-state index contributed by atoms with van der Waals surface area (Å²) in [5, 5.41) is 1.79. The second-order valence-corrected chi connectivity index (χ2v) is 6.56. The Bertz CT molecular complexity index is 589. The molecule has 0 saturated heterocycles. The fourth-order valence-electron chi connectivity index (χ4n) is 1.51. The van der Waals surface area contributed by atoms with E-state index in [1.54, 1.807) is 36.1 Å². The summed E-state index contributed by atoms with van der Waals surface area (Å²) in [5.41, 5.74) is 0.898. The molecule has 0 atom stereocenters. The Morgan fingerprint density at radius 1 is 1.55 bits per heavy atom. The van der Waals surface area contributed by atoms with Gasteiger partial charge in [-0.3, -0.25) is 9.78 Å². The number of anilines is 1. The molecule has 1 amide bonds. The lowest BCUT2D eigenvalue weighted by molar-refractivity contribution is -0.115. The van der Waals surface area contributed by atoms with E-state index in [9.17, 15) is 4.79 Å². The van der Waals surface area contributed by atoms with Gasteiger partial charge in [0.2, 0.25) is 5.91 Å². The van der Waals surface area contributed by atoms with Crippen LogP contribution in [0.5, 0.6) is 0 Å². The first-order valence-corrected chi connectivity index (χ1v) is 8.39. The minimum Gasteiger partial charge on any atom is -0.304 e. The van der Waals surface area contributed by atoms with Gasteiger partial charge in [0.15, 0.2) is 5.15 Å². The van der Waals surface area contributed by atoms with Gasteiger partial charge in [-0.15, -0.1) is 0 Å². The van der Waals surface area contributed by atoms with Crippen LogP contribution in [0.4, 0.5) is 5.00 Å². The van der Waals surface area contributed by atoms with Gasteiger partial charge in [0.1, 0.15) is 10.0 Å². The van der Waals surface area contributed by atoms with Crippen LogP contribution in [0.3, 0.4) is 0 Å². The van der Waals surface area contributed by atoms with Gasteiger partial charge in [-0.2, -0.15) is 11.8 Å². The normalized spacial score (nSPS) is 10.6. The van der Waals surface area contributed by atoms with E-state index in [0.717, 1.165) is 16.3 Å². The summed E-state index contributed by atoms with van der Waals surface area (Å²) < 4.78 is 0. The quantitative estimate of drug-likeness (QED) is 0.842. The Labute approximate surface area is 131 Å². The molecule has 2 aromatic rings. The molecule has 0 unspecified atom stereocenters. The molecule has 0 saturated carbocycles. The summed E-state index contributed by atoms with van der Waals surface area (Å²) >= 11 is 9.13. The largest absolute Gasteiger partial charge is 0.304 e. The monoisotopic (exact) mass is 327 g/mol. The maximum Gasteiger partial charge on any atom is 0.237 e. The Kier molecular flexibility index (Phi) is 5.39. The third kappa shape index (κ3) is 3.50. The second-order valence-electron chi connectivity index (χ2n) is 3.95. The minimum absolute atomic E-state index is 0.0279. The molecular formula is C13H14ClN3OS2. The number of nitrogens with zero attached hydrogens (tertiary/aromatic N) is 3. The van der Waals surface area contributed by atoms with Crippen molar-refractivity contribution in [3.63, 3.8) is 0 Å². The molecule has 2 aromatic heterocycles. The SMILES string of the molecule is CCSCC(=O)N(C)c1sc(-c2cccnc2)nc1Cl. The summed E-state index contributed by atoms with van der Waals surface area (Å²) in [5.74, 6) is 1.39. The number of hydrogen-bond donors (Lipinski definition) is 0. The Morgan fingerprint density at radius 2 is 2.35 bits per heavy atom. The topological polar surface area (TPSA) is 46.1 Å². The van der Waals surface area contributed by atoms with Crippen LogP contribution in [-0.2, 0) is 4.79 Å². The number of thiazole rings is 1. The second kappa shape index (κ2) is 7.06. The minimum atomic E-state index is 0.0279. The Balaban J connectivity index is 2.21. The number of carbonyl (C=O) groups excluding carboxylic acids is 1. The number of rotatable bonds is 5. The van der Waals surface area contributed by atoms with Gasteiger partial charge in [0.25, 0.3) is 0 Å². The molecule has 0 radical (unpaired) electrons. The van der Waals surface area contributed by atoms with E-state index in [4.69, 9.17) is 11.6 Å². The van der Waals surface area contributed by atoms with E-state index in [0.29, 0.717) is 15.9 Å². The van der Waals surface area contributed by atoms with Crippen LogP contribution < -0.4 is 4.90 Å². The van der Waals surface area contributed by atoms with Crippen molar-refractivity contribution in [1.82, 2.24) is 9.97 Å². The average molecular weight is 328 g/mol. The molecule has 0 fully saturated rings. The molecule has 2 heterocycles. The van der Waals surface area contributed by atoms with E-state index < -0.39 is 0 Å². The van der Waals surface area contributed by atoms with Gasteiger partial charge in [0, 0.05) is 25.0 Å². The predicted molar refractivity (Wildman–Crippen MR) is 86.8 cm³/mol. The average Bonchev–Trinajstić information content (AvgIpc) is 2.87. The number of halogens is 1. The molecule has 106 valence electrons. The molecule has 4 nitrogen and oxygen atoms in total. The van der Waals surface area contributed by atoms with Gasteiger partial charge in [-0.1, -0.05) is 29.9 Å². The van der Waals surface area contributed by atoms with Crippen LogP contribution in [-0.4, -0.2) is 34.4 Å². The van der Waals surface area contributed by atoms with Crippen molar-refractivity contribution in [1.29, 1.82) is 0 Å². The van der Waals surface area contributed by atoms with Gasteiger partial charge >= 0.3 is 0 Å². The van der Waals surface area contributed by atoms with Crippen LogP contribution in [0.25, 0.3) is 10.6 Å². The molecule has 0 aliphatic heterocycles. The standard InChI is InChI=1S/C13H14ClN3OS2/c1-3-19-8-10(18)17(2)13-11(14)16-12(20-13)9-5-4-6-15-7-9/h4-7H,3,8H2,1-2H3. The zero-order valence-corrected chi connectivity index (χ0v) is 13.6. The van der Waals surface area contributed by atoms with Crippen molar-refractivity contribution < 1.29 is 4.79 Å². The summed E-state index contributed by atoms with van der Waals surface area (Å²) in [6.45, 7) is 2.03. The van der Waals surface area contributed by atoms with Crippen LogP contribution in [0, 0.1) is 0 Å². The smallest absolute Gasteiger partial charge is 0.237 e. The molecule has 0 N–H and O–H groups in total. The van der Waals surface area contributed by atoms with Crippen LogP contribution >= 0.6 is 34.7 Å². The predicted octanol–water partition coefficient (Wildman–Crippen LogP) is 3.57. The van der Waals surface area contributed by atoms with E-state index in [1.165, 1.54) is 11.3 Å². The zero-order valence-electron chi connectivity index (χ0n) is 11.2. The lowest BCUT2D eigenvalue weighted by Crippen LogP contribution is -2.27. The maximum atomic E-state index is 12.0. The van der Waals surface area contributed by atoms with Gasteiger partial charge < -0.3 is 4.90 Å². The highest BCUT2D eigenvalue weighted by Gasteiger charge is 2.19. The van der Waals surface area contributed by atoms with E-state index in [2.05, 4.69) is 9.97 Å². The molecule has 0 aromatic carbocycles. The fraction of sp³-hybridized carbons (Fsp3) is 0.308. The van der Waals surface area contributed by atoms with Crippen LogP contribution in [0.2, 0.25) is 5.15 Å². The van der Waals surface area contributed by atoms with Crippen molar-refractivity contribution in [3.05, 3.63) is 29.7 Å². The first kappa shape index (κ1) is 15.3. The zero-order chi connectivity index (χ0) is 14.5. The van der Waals surface area contributed by atoms with Gasteiger partial charge in [-0.05, 0) is 17.9 Å². The molecule has 0 bridgehead atoms. The molecule has 7 heteroatoms. The molecule has 20 heavy (non-hydrogen) atoms. The van der Waals surface area contributed by atoms with Crippen molar-refractivity contribution in [3.8, 4) is 10.6 Å². The number of amides is 1. The van der Waals surface area contributed by atoms with Gasteiger partial charge in [-0.25, -0.2) is 4.98 Å². The lowest BCUT2D eigenvalue weighted by Gasteiger charge is -2.14. The Morgan fingerprint density at radius 3 is 3.00 bits per heavy atom. The summed E-state index contributed by atoms with van der Waals surface area (Å²) in [6, 6.07) is 3.76. The molecule has 2 rings (SSSR count). The van der Waals surface area contributed by atoms with Crippen molar-refractivity contribution in [2.45, 2.75) is 6.92 Å². The fourth-order valence-corrected chi connectivity index (χ4v) is 3.39. The first-order chi connectivity index (χ1) is 9.63. The van der Waals surface area contributed by atoms with Crippen LogP contribution in [0.1, 0.15) is 6.92 Å². The third-order valence-corrected chi connectivity index (χ3v) is 5.00. The van der Waals surface area contributed by atoms with Crippen molar-refractivity contribution in [2.24, 2.45) is 0 Å². The first-order valence-electron chi connectivity index (χ1n) is 6.04. The number of aromatic nitrogens is 2. The van der Waals surface area contributed by atoms with Crippen molar-refractivity contribution >= 4 is 45.6 Å². The Hall–Kier alpha value is -1.11. The molecular weight excluding hydrogens is 314 g/mol. The molecule has 0 aliphatic carbocycles. The highest BCUT2D eigenvalue weighted by atomic mass is 35.5. The molecule has 0 spiro atoms. The van der Waals surface area contributed by atoms with E-state index in [1.807, 2.05) is 19.1 Å². The summed E-state index contributed by atoms with van der Waals surface area (Å²) in [4.78, 5) is 22.0. The maximum absolute atomic E-state index is 12.0. The summed E-state index contributed by atoms with van der Waals surface area (Å²) in [6.07, 6.45) is 3.44. The lowest BCUT2D eigenvalue weighted by atomic mass is 10.3. The molecule has 0 aliphatic rings. The van der Waals surface area contributed by atoms with Crippen LogP contribution in [0.15, 0.2) is 24.5 Å². The summed E-state index contributed by atoms with van der Waals surface area (Å²) in [7, 11) is 1.73. The number of thioether (sulfide) groups is 1. The highest BCUT2D eigenvalue weighted by molar-refractivity contribution is 7.99. The number of hydrogen-bond acceptors (Lipinski definition) is 5. The van der Waals surface area contributed by atoms with E-state index in [-0.39, 0.29) is 5.91 Å².